The molecule has 0 fully saturated rings. The third kappa shape index (κ3) is 2.51. The third-order valence-corrected chi connectivity index (χ3v) is 3.18. The molecule has 0 aliphatic carbocycles. The van der Waals surface area contributed by atoms with E-state index in [0.29, 0.717) is 16.0 Å². The van der Waals surface area contributed by atoms with Crippen molar-refractivity contribution in [3.05, 3.63) is 39.1 Å². The highest BCUT2D eigenvalue weighted by atomic mass is 79.9. The summed E-state index contributed by atoms with van der Waals surface area (Å²) in [5.74, 6) is -0.268. The average molecular weight is 288 g/mol. The van der Waals surface area contributed by atoms with Crippen LogP contribution in [0.25, 0.3) is 0 Å². The van der Waals surface area contributed by atoms with Gasteiger partial charge in [-0.3, -0.25) is 0 Å². The van der Waals surface area contributed by atoms with Crippen molar-refractivity contribution < 1.29 is 4.39 Å². The number of hydrogen-bond donors (Lipinski definition) is 1. The summed E-state index contributed by atoms with van der Waals surface area (Å²) in [5, 5.41) is 8.89. The van der Waals surface area contributed by atoms with Crippen LogP contribution in [0.1, 0.15) is 10.6 Å². The number of nitrogens with zero attached hydrogens (tertiary/aromatic N) is 2. The molecule has 0 amide bonds. The maximum Gasteiger partial charge on any atom is 0.203 e. The Morgan fingerprint density at radius 2 is 2.20 bits per heavy atom. The molecule has 1 aromatic carbocycles. The summed E-state index contributed by atoms with van der Waals surface area (Å²) in [6, 6.07) is 4.87. The molecular formula is C9H7BrFN3S. The number of nitrogens with two attached hydrogens (primary N) is 1. The smallest absolute Gasteiger partial charge is 0.203 e. The summed E-state index contributed by atoms with van der Waals surface area (Å²) in [6.07, 6.45) is 0.619. The number of nitrogen functional groups attached to an aromatic ring is 1. The zero-order valence-corrected chi connectivity index (χ0v) is 9.98. The van der Waals surface area contributed by atoms with Gasteiger partial charge in [0.1, 0.15) is 10.8 Å². The fourth-order valence-corrected chi connectivity index (χ4v) is 2.23. The first-order valence-corrected chi connectivity index (χ1v) is 5.78. The van der Waals surface area contributed by atoms with Gasteiger partial charge < -0.3 is 5.73 Å². The first-order chi connectivity index (χ1) is 7.15. The highest BCUT2D eigenvalue weighted by Gasteiger charge is 2.05. The summed E-state index contributed by atoms with van der Waals surface area (Å²) >= 11 is 4.47. The SMILES string of the molecule is Nc1nnc(Cc2ccc(F)c(Br)c2)s1. The van der Waals surface area contributed by atoms with E-state index in [2.05, 4.69) is 26.1 Å². The molecule has 1 heterocycles. The number of hydrogen-bond acceptors (Lipinski definition) is 4. The summed E-state index contributed by atoms with van der Waals surface area (Å²) in [6.45, 7) is 0. The average Bonchev–Trinajstić information content (AvgIpc) is 2.58. The minimum Gasteiger partial charge on any atom is -0.374 e. The highest BCUT2D eigenvalue weighted by molar-refractivity contribution is 9.10. The van der Waals surface area contributed by atoms with Crippen molar-refractivity contribution in [1.82, 2.24) is 10.2 Å². The minimum absolute atomic E-state index is 0.268. The molecule has 0 saturated carbocycles. The zero-order chi connectivity index (χ0) is 10.8. The Labute approximate surface area is 98.3 Å². The molecule has 0 bridgehead atoms. The number of rotatable bonds is 2. The van der Waals surface area contributed by atoms with Crippen molar-refractivity contribution in [3.63, 3.8) is 0 Å². The van der Waals surface area contributed by atoms with Crippen molar-refractivity contribution in [2.45, 2.75) is 6.42 Å². The second-order valence-corrected chi connectivity index (χ2v) is 4.91. The van der Waals surface area contributed by atoms with Crippen LogP contribution in [-0.4, -0.2) is 10.2 Å². The van der Waals surface area contributed by atoms with Crippen molar-refractivity contribution in [1.29, 1.82) is 0 Å². The molecule has 3 nitrogen and oxygen atoms in total. The van der Waals surface area contributed by atoms with Gasteiger partial charge >= 0.3 is 0 Å². The van der Waals surface area contributed by atoms with Gasteiger partial charge in [-0.05, 0) is 33.6 Å². The van der Waals surface area contributed by atoms with Gasteiger partial charge in [0.25, 0.3) is 0 Å². The van der Waals surface area contributed by atoms with E-state index in [9.17, 15) is 4.39 Å². The Kier molecular flexibility index (Phi) is 2.97. The molecule has 6 heteroatoms. The standard InChI is InChI=1S/C9H7BrFN3S/c10-6-3-5(1-2-7(6)11)4-8-13-14-9(12)15-8/h1-3H,4H2,(H2,12,14). The van der Waals surface area contributed by atoms with Gasteiger partial charge in [-0.25, -0.2) is 4.39 Å². The topological polar surface area (TPSA) is 51.8 Å². The van der Waals surface area contributed by atoms with Gasteiger partial charge in [-0.1, -0.05) is 17.4 Å². The van der Waals surface area contributed by atoms with Gasteiger partial charge in [0.05, 0.1) is 4.47 Å². The molecule has 0 radical (unpaired) electrons. The molecule has 15 heavy (non-hydrogen) atoms. The molecule has 0 unspecified atom stereocenters. The second-order valence-electron chi connectivity index (χ2n) is 2.96. The predicted molar refractivity (Wildman–Crippen MR) is 61.2 cm³/mol. The van der Waals surface area contributed by atoms with Crippen molar-refractivity contribution in [3.8, 4) is 0 Å². The normalized spacial score (nSPS) is 10.5. The van der Waals surface area contributed by atoms with E-state index in [0.717, 1.165) is 10.6 Å². The van der Waals surface area contributed by atoms with Crippen molar-refractivity contribution >= 4 is 32.4 Å². The first-order valence-electron chi connectivity index (χ1n) is 4.17. The van der Waals surface area contributed by atoms with E-state index in [-0.39, 0.29) is 5.82 Å². The molecule has 78 valence electrons. The van der Waals surface area contributed by atoms with E-state index in [1.165, 1.54) is 17.4 Å². The molecule has 0 atom stereocenters. The van der Waals surface area contributed by atoms with E-state index in [4.69, 9.17) is 5.73 Å². The molecule has 2 N–H and O–H groups in total. The second kappa shape index (κ2) is 4.24. The Bertz CT molecular complexity index is 486. The minimum atomic E-state index is -0.268. The van der Waals surface area contributed by atoms with Crippen LogP contribution in [0.2, 0.25) is 0 Å². The van der Waals surface area contributed by atoms with Crippen molar-refractivity contribution in [2.24, 2.45) is 0 Å². The van der Waals surface area contributed by atoms with Crippen LogP contribution in [0.3, 0.4) is 0 Å². The van der Waals surface area contributed by atoms with E-state index in [1.54, 1.807) is 12.1 Å². The number of halogens is 2. The fourth-order valence-electron chi connectivity index (χ4n) is 1.16. The van der Waals surface area contributed by atoms with E-state index >= 15 is 0 Å². The van der Waals surface area contributed by atoms with Crippen LogP contribution in [0.15, 0.2) is 22.7 Å². The summed E-state index contributed by atoms with van der Waals surface area (Å²) in [4.78, 5) is 0. The van der Waals surface area contributed by atoms with Crippen LogP contribution >= 0.6 is 27.3 Å². The molecule has 2 rings (SSSR count). The summed E-state index contributed by atoms with van der Waals surface area (Å²) < 4.78 is 13.4. The quantitative estimate of drug-likeness (QED) is 0.924. The first kappa shape index (κ1) is 10.5. The third-order valence-electron chi connectivity index (χ3n) is 1.82. The predicted octanol–water partition coefficient (Wildman–Crippen LogP) is 2.61. The lowest BCUT2D eigenvalue weighted by Crippen LogP contribution is -1.88. The molecule has 2 aromatic rings. The van der Waals surface area contributed by atoms with E-state index in [1.807, 2.05) is 0 Å². The number of anilines is 1. The lowest BCUT2D eigenvalue weighted by molar-refractivity contribution is 0.620. The van der Waals surface area contributed by atoms with Gasteiger partial charge in [0, 0.05) is 6.42 Å². The largest absolute Gasteiger partial charge is 0.374 e. The molecule has 0 saturated heterocycles. The van der Waals surface area contributed by atoms with Crippen LogP contribution in [0.5, 0.6) is 0 Å². The molecule has 0 spiro atoms. The number of aromatic nitrogens is 2. The molecular weight excluding hydrogens is 281 g/mol. The Hall–Kier alpha value is -1.01. The van der Waals surface area contributed by atoms with Crippen LogP contribution in [0, 0.1) is 5.82 Å². The van der Waals surface area contributed by atoms with Crippen LogP contribution < -0.4 is 5.73 Å². The van der Waals surface area contributed by atoms with Crippen LogP contribution in [-0.2, 0) is 6.42 Å². The summed E-state index contributed by atoms with van der Waals surface area (Å²) in [7, 11) is 0. The lowest BCUT2D eigenvalue weighted by Gasteiger charge is -1.99. The van der Waals surface area contributed by atoms with Crippen LogP contribution in [0.4, 0.5) is 9.52 Å². The van der Waals surface area contributed by atoms with Gasteiger partial charge in [-0.15, -0.1) is 10.2 Å². The highest BCUT2D eigenvalue weighted by Crippen LogP contribution is 2.20. The fraction of sp³-hybridized carbons (Fsp3) is 0.111. The zero-order valence-electron chi connectivity index (χ0n) is 7.58. The van der Waals surface area contributed by atoms with Gasteiger partial charge in [0.15, 0.2) is 0 Å². The van der Waals surface area contributed by atoms with E-state index < -0.39 is 0 Å². The molecule has 0 aliphatic rings. The molecule has 0 aliphatic heterocycles. The Morgan fingerprint density at radius 1 is 1.40 bits per heavy atom. The van der Waals surface area contributed by atoms with Crippen molar-refractivity contribution in [2.75, 3.05) is 5.73 Å². The lowest BCUT2D eigenvalue weighted by atomic mass is 10.2. The van der Waals surface area contributed by atoms with Gasteiger partial charge in [-0.2, -0.15) is 0 Å². The number of benzene rings is 1. The summed E-state index contributed by atoms with van der Waals surface area (Å²) in [5.41, 5.74) is 6.43. The maximum absolute atomic E-state index is 12.9. The molecule has 1 aromatic heterocycles. The Morgan fingerprint density at radius 3 is 2.80 bits per heavy atom. The maximum atomic E-state index is 12.9. The monoisotopic (exact) mass is 287 g/mol. The Balaban J connectivity index is 2.21. The van der Waals surface area contributed by atoms with Gasteiger partial charge in [0.2, 0.25) is 5.13 Å².